The van der Waals surface area contributed by atoms with Crippen molar-refractivity contribution in [2.24, 2.45) is 5.92 Å². The fourth-order valence-electron chi connectivity index (χ4n) is 4.34. The monoisotopic (exact) mass is 536 g/mol. The molecule has 206 valence electrons. The van der Waals surface area contributed by atoms with Gasteiger partial charge in [0.15, 0.2) is 23.4 Å². The van der Waals surface area contributed by atoms with Crippen LogP contribution in [0.5, 0.6) is 5.75 Å². The zero-order valence-electron chi connectivity index (χ0n) is 20.3. The summed E-state index contributed by atoms with van der Waals surface area (Å²) in [7, 11) is 1.36. The lowest BCUT2D eigenvalue weighted by atomic mass is 9.76. The predicted octanol–water partition coefficient (Wildman–Crippen LogP) is 3.28. The maximum Gasteiger partial charge on any atom is 0.417 e. The van der Waals surface area contributed by atoms with Crippen molar-refractivity contribution in [1.82, 2.24) is 4.98 Å². The zero-order valence-corrected chi connectivity index (χ0v) is 20.3. The van der Waals surface area contributed by atoms with Crippen LogP contribution in [0.15, 0.2) is 30.5 Å². The number of hydrogen-bond acceptors (Lipinski definition) is 8. The Bertz CT molecular complexity index is 1060. The van der Waals surface area contributed by atoms with E-state index >= 15 is 0 Å². The van der Waals surface area contributed by atoms with E-state index in [1.165, 1.54) is 32.4 Å². The number of anilines is 1. The van der Waals surface area contributed by atoms with Crippen molar-refractivity contribution in [3.63, 3.8) is 0 Å². The van der Waals surface area contributed by atoms with Gasteiger partial charge in [-0.15, -0.1) is 0 Å². The highest BCUT2D eigenvalue weighted by molar-refractivity contribution is 5.44. The third kappa shape index (κ3) is 5.80. The normalized spacial score (nSPS) is 25.6. The molecule has 1 aliphatic rings. The van der Waals surface area contributed by atoms with Gasteiger partial charge in [0.05, 0.1) is 30.8 Å². The van der Waals surface area contributed by atoms with Gasteiger partial charge >= 0.3 is 6.18 Å². The van der Waals surface area contributed by atoms with Crippen LogP contribution in [0.3, 0.4) is 0 Å². The smallest absolute Gasteiger partial charge is 0.417 e. The standard InChI is InChI=1S/C24H29F5N2O6/c1-12-18(14-5-6-15(25)19(26)20(14)36-9-8-35-3)21(37-23(12,2)24(27,28)29)22(34)31-13-4-7-16(30-10-13)17(33)11-32/h4-7,10,12,17-18,21-22,31-34H,8-9,11H2,1-3H3/t12-,17-,18-,21+,22?,23+/m0/s1. The number of aliphatic hydroxyl groups is 3. The Kier molecular flexibility index (Phi) is 8.96. The Labute approximate surface area is 210 Å². The Morgan fingerprint density at radius 2 is 1.86 bits per heavy atom. The first kappa shape index (κ1) is 29.0. The van der Waals surface area contributed by atoms with Gasteiger partial charge in [-0.25, -0.2) is 4.39 Å². The van der Waals surface area contributed by atoms with E-state index in [-0.39, 0.29) is 30.2 Å². The Balaban J connectivity index is 2.01. The molecule has 1 saturated heterocycles. The number of halogens is 5. The van der Waals surface area contributed by atoms with Crippen LogP contribution in [-0.2, 0) is 9.47 Å². The molecule has 37 heavy (non-hydrogen) atoms. The molecule has 4 N–H and O–H groups in total. The summed E-state index contributed by atoms with van der Waals surface area (Å²) in [4.78, 5) is 3.94. The van der Waals surface area contributed by atoms with E-state index in [0.717, 1.165) is 19.1 Å². The molecular weight excluding hydrogens is 507 g/mol. The molecule has 0 amide bonds. The molecule has 0 aliphatic carbocycles. The molecule has 13 heteroatoms. The first-order valence-electron chi connectivity index (χ1n) is 11.4. The second kappa shape index (κ2) is 11.4. The van der Waals surface area contributed by atoms with Crippen molar-refractivity contribution < 1.29 is 51.5 Å². The molecule has 0 saturated carbocycles. The minimum atomic E-state index is -4.86. The molecule has 0 spiro atoms. The summed E-state index contributed by atoms with van der Waals surface area (Å²) in [5.41, 5.74) is -2.55. The van der Waals surface area contributed by atoms with Gasteiger partial charge in [-0.3, -0.25) is 4.98 Å². The van der Waals surface area contributed by atoms with Gasteiger partial charge in [-0.05, 0) is 25.1 Å². The Hall–Kier alpha value is -2.58. The molecule has 8 nitrogen and oxygen atoms in total. The average Bonchev–Trinajstić information content (AvgIpc) is 3.13. The molecule has 0 radical (unpaired) electrons. The highest BCUT2D eigenvalue weighted by atomic mass is 19.4. The van der Waals surface area contributed by atoms with Crippen molar-refractivity contribution in [2.75, 3.05) is 32.2 Å². The van der Waals surface area contributed by atoms with Gasteiger partial charge in [-0.1, -0.05) is 13.0 Å². The molecule has 2 heterocycles. The minimum absolute atomic E-state index is 0.00790. The number of benzene rings is 1. The topological polar surface area (TPSA) is 113 Å². The van der Waals surface area contributed by atoms with Gasteiger partial charge < -0.3 is 34.8 Å². The number of aromatic nitrogens is 1. The van der Waals surface area contributed by atoms with Crippen molar-refractivity contribution in [3.8, 4) is 5.75 Å². The highest BCUT2D eigenvalue weighted by Crippen LogP contribution is 2.55. The fraction of sp³-hybridized carbons (Fsp3) is 0.542. The molecule has 1 aromatic carbocycles. The van der Waals surface area contributed by atoms with Crippen LogP contribution < -0.4 is 10.1 Å². The molecular formula is C24H29F5N2O6. The summed E-state index contributed by atoms with van der Waals surface area (Å²) >= 11 is 0. The molecule has 1 aromatic heterocycles. The number of nitrogens with zero attached hydrogens (tertiary/aromatic N) is 1. The second-order valence-corrected chi connectivity index (χ2v) is 8.88. The van der Waals surface area contributed by atoms with E-state index in [4.69, 9.17) is 19.3 Å². The SMILES string of the molecule is COCCOc1c([C@H]2[C@H](C(O)Nc3ccc([C@@H](O)CO)nc3)O[C@@](C)(C(F)(F)F)[C@H]2C)ccc(F)c1F. The summed E-state index contributed by atoms with van der Waals surface area (Å²) in [5, 5.41) is 32.2. The molecule has 1 fully saturated rings. The van der Waals surface area contributed by atoms with E-state index in [2.05, 4.69) is 10.3 Å². The average molecular weight is 536 g/mol. The second-order valence-electron chi connectivity index (χ2n) is 8.88. The highest BCUT2D eigenvalue weighted by Gasteiger charge is 2.65. The lowest BCUT2D eigenvalue weighted by molar-refractivity contribution is -0.278. The fourth-order valence-corrected chi connectivity index (χ4v) is 4.34. The lowest BCUT2D eigenvalue weighted by Gasteiger charge is -2.32. The van der Waals surface area contributed by atoms with Crippen LogP contribution in [0, 0.1) is 17.6 Å². The summed E-state index contributed by atoms with van der Waals surface area (Å²) in [6, 6.07) is 4.62. The summed E-state index contributed by atoms with van der Waals surface area (Å²) in [5.74, 6) is -5.88. The van der Waals surface area contributed by atoms with Crippen molar-refractivity contribution in [1.29, 1.82) is 0 Å². The number of aliphatic hydroxyl groups excluding tert-OH is 3. The number of methoxy groups -OCH3 is 1. The van der Waals surface area contributed by atoms with Crippen LogP contribution in [0.2, 0.25) is 0 Å². The molecule has 3 rings (SSSR count). The molecule has 6 atom stereocenters. The van der Waals surface area contributed by atoms with Crippen LogP contribution in [0.4, 0.5) is 27.6 Å². The maximum atomic E-state index is 14.8. The summed E-state index contributed by atoms with van der Waals surface area (Å²) < 4.78 is 86.9. The van der Waals surface area contributed by atoms with Gasteiger partial charge in [0.1, 0.15) is 18.8 Å². The third-order valence-electron chi connectivity index (χ3n) is 6.61. The number of hydrogen-bond donors (Lipinski definition) is 4. The summed E-state index contributed by atoms with van der Waals surface area (Å²) in [6.07, 6.45) is -8.24. The molecule has 1 aliphatic heterocycles. The van der Waals surface area contributed by atoms with E-state index in [9.17, 15) is 32.2 Å². The van der Waals surface area contributed by atoms with E-state index in [1.807, 2.05) is 0 Å². The zero-order chi connectivity index (χ0) is 27.5. The lowest BCUT2D eigenvalue weighted by Crippen LogP contribution is -2.47. The molecule has 1 unspecified atom stereocenters. The number of nitrogens with one attached hydrogen (secondary N) is 1. The number of pyridine rings is 1. The minimum Gasteiger partial charge on any atom is -0.488 e. The van der Waals surface area contributed by atoms with Gasteiger partial charge in [0, 0.05) is 24.5 Å². The van der Waals surface area contributed by atoms with Gasteiger partial charge in [0.25, 0.3) is 0 Å². The van der Waals surface area contributed by atoms with E-state index in [0.29, 0.717) is 0 Å². The number of rotatable bonds is 10. The third-order valence-corrected chi connectivity index (χ3v) is 6.61. The number of alkyl halides is 3. The van der Waals surface area contributed by atoms with Crippen molar-refractivity contribution >= 4 is 5.69 Å². The first-order chi connectivity index (χ1) is 17.4. The predicted molar refractivity (Wildman–Crippen MR) is 121 cm³/mol. The van der Waals surface area contributed by atoms with Crippen LogP contribution in [-0.4, -0.2) is 71.3 Å². The number of ether oxygens (including phenoxy) is 3. The van der Waals surface area contributed by atoms with Crippen LogP contribution >= 0.6 is 0 Å². The largest absolute Gasteiger partial charge is 0.488 e. The van der Waals surface area contributed by atoms with E-state index < -0.39 is 66.0 Å². The quantitative estimate of drug-likeness (QED) is 0.208. The van der Waals surface area contributed by atoms with E-state index in [1.54, 1.807) is 0 Å². The van der Waals surface area contributed by atoms with Crippen LogP contribution in [0.1, 0.15) is 37.1 Å². The Morgan fingerprint density at radius 3 is 2.43 bits per heavy atom. The first-order valence-corrected chi connectivity index (χ1v) is 11.4. The summed E-state index contributed by atoms with van der Waals surface area (Å²) in [6.45, 7) is 1.31. The van der Waals surface area contributed by atoms with Crippen molar-refractivity contribution in [2.45, 2.75) is 50.0 Å². The molecule has 2 aromatic rings. The van der Waals surface area contributed by atoms with Crippen LogP contribution in [0.25, 0.3) is 0 Å². The van der Waals surface area contributed by atoms with Crippen molar-refractivity contribution in [3.05, 3.63) is 53.4 Å². The van der Waals surface area contributed by atoms with Gasteiger partial charge in [0.2, 0.25) is 5.82 Å². The maximum absolute atomic E-state index is 14.8. The Morgan fingerprint density at radius 1 is 1.16 bits per heavy atom. The van der Waals surface area contributed by atoms with Gasteiger partial charge in [-0.2, -0.15) is 17.6 Å². The molecule has 0 bridgehead atoms.